The SMILES string of the molecule is CCO[Si](C)(C)CCC/N=C(\C)CC(C)C. The van der Waals surface area contributed by atoms with Gasteiger partial charge in [0.15, 0.2) is 8.32 Å². The van der Waals surface area contributed by atoms with Crippen molar-refractivity contribution in [2.75, 3.05) is 13.2 Å². The van der Waals surface area contributed by atoms with Crippen molar-refractivity contribution in [1.29, 1.82) is 0 Å². The normalized spacial score (nSPS) is 13.6. The van der Waals surface area contributed by atoms with Gasteiger partial charge in [0.1, 0.15) is 0 Å². The zero-order valence-corrected chi connectivity index (χ0v) is 13.0. The summed E-state index contributed by atoms with van der Waals surface area (Å²) in [6.45, 7) is 15.1. The average Bonchev–Trinajstić information content (AvgIpc) is 2.11. The first kappa shape index (κ1) is 15.8. The van der Waals surface area contributed by atoms with E-state index in [-0.39, 0.29) is 0 Å². The Balaban J connectivity index is 3.74. The number of nitrogens with zero attached hydrogens (tertiary/aromatic N) is 1. The molecule has 0 aliphatic carbocycles. The Bertz CT molecular complexity index is 212. The molecule has 0 fully saturated rings. The van der Waals surface area contributed by atoms with Crippen LogP contribution < -0.4 is 0 Å². The van der Waals surface area contributed by atoms with Crippen LogP contribution in [0, 0.1) is 5.92 Å². The maximum atomic E-state index is 5.79. The van der Waals surface area contributed by atoms with E-state index in [1.165, 1.54) is 18.2 Å². The molecule has 0 heterocycles. The minimum absolute atomic E-state index is 0.720. The minimum Gasteiger partial charge on any atom is -0.418 e. The molecule has 3 heteroatoms. The summed E-state index contributed by atoms with van der Waals surface area (Å²) in [5.41, 5.74) is 1.30. The van der Waals surface area contributed by atoms with Gasteiger partial charge < -0.3 is 4.43 Å². The van der Waals surface area contributed by atoms with Crippen LogP contribution in [0.5, 0.6) is 0 Å². The molecule has 16 heavy (non-hydrogen) atoms. The summed E-state index contributed by atoms with van der Waals surface area (Å²) in [7, 11) is -1.38. The predicted octanol–water partition coefficient (Wildman–Crippen LogP) is 4.13. The highest BCUT2D eigenvalue weighted by Crippen LogP contribution is 2.13. The second-order valence-corrected chi connectivity index (χ2v) is 9.82. The van der Waals surface area contributed by atoms with Gasteiger partial charge in [0.2, 0.25) is 0 Å². The van der Waals surface area contributed by atoms with Gasteiger partial charge in [0.05, 0.1) is 0 Å². The molecule has 0 amide bonds. The molecule has 0 aromatic rings. The first-order chi connectivity index (χ1) is 7.37. The van der Waals surface area contributed by atoms with E-state index >= 15 is 0 Å². The fourth-order valence-electron chi connectivity index (χ4n) is 1.89. The molecule has 0 N–H and O–H groups in total. The summed E-state index contributed by atoms with van der Waals surface area (Å²) in [4.78, 5) is 4.61. The first-order valence-corrected chi connectivity index (χ1v) is 9.63. The Hall–Kier alpha value is -0.153. The van der Waals surface area contributed by atoms with Gasteiger partial charge in [0.25, 0.3) is 0 Å². The largest absolute Gasteiger partial charge is 0.418 e. The van der Waals surface area contributed by atoms with Crippen LogP contribution in [0.4, 0.5) is 0 Å². The van der Waals surface area contributed by atoms with Crippen molar-refractivity contribution >= 4 is 14.0 Å². The van der Waals surface area contributed by atoms with Crippen LogP contribution in [0.3, 0.4) is 0 Å². The number of rotatable bonds is 8. The molecular weight excluding hydrogens is 214 g/mol. The van der Waals surface area contributed by atoms with E-state index in [4.69, 9.17) is 4.43 Å². The molecule has 2 nitrogen and oxygen atoms in total. The molecule has 0 aromatic heterocycles. The van der Waals surface area contributed by atoms with Crippen LogP contribution in [-0.4, -0.2) is 27.2 Å². The molecule has 0 saturated heterocycles. The lowest BCUT2D eigenvalue weighted by molar-refractivity contribution is 0.328. The number of aliphatic imine (C=N–C) groups is 1. The van der Waals surface area contributed by atoms with Crippen LogP contribution in [0.2, 0.25) is 19.1 Å². The second-order valence-electron chi connectivity index (χ2n) is 5.51. The molecule has 0 aliphatic heterocycles. The number of hydrogen-bond donors (Lipinski definition) is 0. The Kier molecular flexibility index (Phi) is 7.94. The Labute approximate surface area is 103 Å². The summed E-state index contributed by atoms with van der Waals surface area (Å²) in [6.07, 6.45) is 2.31. The van der Waals surface area contributed by atoms with Crippen molar-refractivity contribution in [1.82, 2.24) is 0 Å². The highest BCUT2D eigenvalue weighted by Gasteiger charge is 2.20. The third kappa shape index (κ3) is 9.10. The highest BCUT2D eigenvalue weighted by atomic mass is 28.4. The monoisotopic (exact) mass is 243 g/mol. The number of hydrogen-bond acceptors (Lipinski definition) is 2. The van der Waals surface area contributed by atoms with E-state index in [0.717, 1.165) is 25.5 Å². The summed E-state index contributed by atoms with van der Waals surface area (Å²) >= 11 is 0. The van der Waals surface area contributed by atoms with Gasteiger partial charge >= 0.3 is 0 Å². The standard InChI is InChI=1S/C13H29NOSi/c1-7-15-16(5,6)10-8-9-14-13(4)11-12(2)3/h12H,7-11H2,1-6H3/b14-13+. The Morgan fingerprint density at radius 3 is 2.44 bits per heavy atom. The van der Waals surface area contributed by atoms with Gasteiger partial charge in [-0.25, -0.2) is 0 Å². The third-order valence-electron chi connectivity index (χ3n) is 2.56. The van der Waals surface area contributed by atoms with Crippen LogP contribution in [0.1, 0.15) is 40.5 Å². The van der Waals surface area contributed by atoms with Crippen molar-refractivity contribution in [3.05, 3.63) is 0 Å². The molecular formula is C13H29NOSi. The lowest BCUT2D eigenvalue weighted by Crippen LogP contribution is -2.30. The molecule has 0 aromatic carbocycles. The van der Waals surface area contributed by atoms with Crippen molar-refractivity contribution in [3.63, 3.8) is 0 Å². The van der Waals surface area contributed by atoms with Crippen LogP contribution in [0.25, 0.3) is 0 Å². The fraction of sp³-hybridized carbons (Fsp3) is 0.923. The Morgan fingerprint density at radius 1 is 1.31 bits per heavy atom. The molecule has 0 saturated carbocycles. The fourth-order valence-corrected chi connectivity index (χ4v) is 3.83. The zero-order valence-electron chi connectivity index (χ0n) is 12.0. The summed E-state index contributed by atoms with van der Waals surface area (Å²) < 4.78 is 5.79. The molecule has 0 aliphatic rings. The van der Waals surface area contributed by atoms with E-state index in [1.54, 1.807) is 0 Å². The molecule has 0 radical (unpaired) electrons. The highest BCUT2D eigenvalue weighted by molar-refractivity contribution is 6.71. The van der Waals surface area contributed by atoms with E-state index in [2.05, 4.69) is 45.8 Å². The molecule has 0 spiro atoms. The maximum absolute atomic E-state index is 5.79. The molecule has 96 valence electrons. The lowest BCUT2D eigenvalue weighted by Gasteiger charge is -2.21. The second kappa shape index (κ2) is 8.01. The zero-order chi connectivity index (χ0) is 12.6. The molecule has 0 rings (SSSR count). The maximum Gasteiger partial charge on any atom is 0.186 e. The van der Waals surface area contributed by atoms with E-state index in [1.807, 2.05) is 0 Å². The van der Waals surface area contributed by atoms with Crippen molar-refractivity contribution in [3.8, 4) is 0 Å². The van der Waals surface area contributed by atoms with Crippen molar-refractivity contribution < 1.29 is 4.43 Å². The third-order valence-corrected chi connectivity index (χ3v) is 5.19. The van der Waals surface area contributed by atoms with Gasteiger partial charge in [-0.2, -0.15) is 0 Å². The van der Waals surface area contributed by atoms with Gasteiger partial charge in [0, 0.05) is 18.9 Å². The van der Waals surface area contributed by atoms with E-state index in [0.29, 0.717) is 0 Å². The van der Waals surface area contributed by atoms with Gasteiger partial charge in [-0.05, 0) is 51.7 Å². The van der Waals surface area contributed by atoms with Crippen LogP contribution in [0.15, 0.2) is 4.99 Å². The van der Waals surface area contributed by atoms with Crippen LogP contribution >= 0.6 is 0 Å². The molecule has 0 unspecified atom stereocenters. The van der Waals surface area contributed by atoms with Gasteiger partial charge in [-0.3, -0.25) is 4.99 Å². The van der Waals surface area contributed by atoms with E-state index in [9.17, 15) is 0 Å². The van der Waals surface area contributed by atoms with Gasteiger partial charge in [-0.15, -0.1) is 0 Å². The van der Waals surface area contributed by atoms with E-state index < -0.39 is 8.32 Å². The van der Waals surface area contributed by atoms with Crippen LogP contribution in [-0.2, 0) is 4.43 Å². The Morgan fingerprint density at radius 2 is 1.94 bits per heavy atom. The predicted molar refractivity (Wildman–Crippen MR) is 76.0 cm³/mol. The van der Waals surface area contributed by atoms with Crippen molar-refractivity contribution in [2.24, 2.45) is 10.9 Å². The summed E-state index contributed by atoms with van der Waals surface area (Å²) in [5.74, 6) is 0.720. The summed E-state index contributed by atoms with van der Waals surface area (Å²) in [6, 6.07) is 1.22. The molecule has 0 bridgehead atoms. The molecule has 0 atom stereocenters. The van der Waals surface area contributed by atoms with Gasteiger partial charge in [-0.1, -0.05) is 13.8 Å². The smallest absolute Gasteiger partial charge is 0.186 e. The first-order valence-electron chi connectivity index (χ1n) is 6.51. The summed E-state index contributed by atoms with van der Waals surface area (Å²) in [5, 5.41) is 0. The topological polar surface area (TPSA) is 21.6 Å². The van der Waals surface area contributed by atoms with Crippen molar-refractivity contribution in [2.45, 2.75) is 59.7 Å². The lowest BCUT2D eigenvalue weighted by atomic mass is 10.1. The average molecular weight is 243 g/mol. The quantitative estimate of drug-likeness (QED) is 0.357. The minimum atomic E-state index is -1.38.